The van der Waals surface area contributed by atoms with E-state index in [-0.39, 0.29) is 17.1 Å². The molecule has 1 aromatic heterocycles. The second-order valence-electron chi connectivity index (χ2n) is 8.06. The number of nitrogens with zero attached hydrogens (tertiary/aromatic N) is 3. The first-order chi connectivity index (χ1) is 15.1. The Morgan fingerprint density at radius 2 is 2.00 bits per heavy atom. The fourth-order valence-corrected chi connectivity index (χ4v) is 4.62. The Hall–Kier alpha value is -2.33. The first kappa shape index (κ1) is 24.3. The Morgan fingerprint density at radius 3 is 2.72 bits per heavy atom. The van der Waals surface area contributed by atoms with Crippen LogP contribution >= 0.6 is 11.8 Å². The van der Waals surface area contributed by atoms with Crippen molar-refractivity contribution in [1.29, 1.82) is 0 Å². The first-order valence-electron chi connectivity index (χ1n) is 10.5. The van der Waals surface area contributed by atoms with Crippen LogP contribution in [0.1, 0.15) is 36.1 Å². The highest BCUT2D eigenvalue weighted by Gasteiger charge is 2.30. The molecule has 1 aliphatic carbocycles. The third kappa shape index (κ3) is 6.35. The van der Waals surface area contributed by atoms with Crippen molar-refractivity contribution in [3.05, 3.63) is 51.6 Å². The lowest BCUT2D eigenvalue weighted by atomic mass is 9.97. The van der Waals surface area contributed by atoms with Gasteiger partial charge < -0.3 is 10.2 Å². The summed E-state index contributed by atoms with van der Waals surface area (Å²) in [4.78, 5) is 31.3. The predicted molar refractivity (Wildman–Crippen MR) is 119 cm³/mol. The number of fused-ring (bicyclic) bond motifs is 1. The van der Waals surface area contributed by atoms with Gasteiger partial charge in [0.1, 0.15) is 5.03 Å². The van der Waals surface area contributed by atoms with E-state index < -0.39 is 17.6 Å². The van der Waals surface area contributed by atoms with E-state index in [0.29, 0.717) is 11.6 Å². The smallest absolute Gasteiger partial charge is 0.325 e. The van der Waals surface area contributed by atoms with Crippen molar-refractivity contribution >= 4 is 23.4 Å². The zero-order valence-electron chi connectivity index (χ0n) is 18.2. The normalized spacial score (nSPS) is 13.8. The fourth-order valence-electron chi connectivity index (χ4n) is 3.75. The van der Waals surface area contributed by atoms with Crippen LogP contribution in [0.3, 0.4) is 0 Å². The molecule has 0 unspecified atom stereocenters. The zero-order chi connectivity index (χ0) is 23.3. The van der Waals surface area contributed by atoms with Crippen LogP contribution in [0, 0.1) is 0 Å². The van der Waals surface area contributed by atoms with Crippen molar-refractivity contribution in [2.75, 3.05) is 31.7 Å². The number of aromatic nitrogens is 2. The molecule has 32 heavy (non-hydrogen) atoms. The number of anilines is 1. The molecule has 0 saturated heterocycles. The molecule has 0 bridgehead atoms. The van der Waals surface area contributed by atoms with Gasteiger partial charge in [0.25, 0.3) is 0 Å². The van der Waals surface area contributed by atoms with Gasteiger partial charge in [0.2, 0.25) is 5.91 Å². The number of hydrogen-bond acceptors (Lipinski definition) is 5. The summed E-state index contributed by atoms with van der Waals surface area (Å²) in [6.45, 7) is 1.47. The minimum absolute atomic E-state index is 0.0419. The largest absolute Gasteiger partial charge is 0.416 e. The van der Waals surface area contributed by atoms with Crippen molar-refractivity contribution in [3.63, 3.8) is 0 Å². The van der Waals surface area contributed by atoms with Gasteiger partial charge in [0, 0.05) is 23.5 Å². The van der Waals surface area contributed by atoms with Crippen molar-refractivity contribution in [2.24, 2.45) is 0 Å². The summed E-state index contributed by atoms with van der Waals surface area (Å²) in [6.07, 6.45) is -0.0341. The maximum atomic E-state index is 12.9. The molecule has 0 aliphatic heterocycles. The van der Waals surface area contributed by atoms with Crippen LogP contribution in [-0.4, -0.2) is 46.8 Å². The molecular formula is C22H27F3N4O2S. The van der Waals surface area contributed by atoms with Gasteiger partial charge in [0.15, 0.2) is 0 Å². The summed E-state index contributed by atoms with van der Waals surface area (Å²) in [5.41, 5.74) is 0.951. The maximum Gasteiger partial charge on any atom is 0.416 e. The highest BCUT2D eigenvalue weighted by Crippen LogP contribution is 2.31. The number of thioether (sulfide) groups is 1. The van der Waals surface area contributed by atoms with E-state index in [1.807, 2.05) is 14.1 Å². The van der Waals surface area contributed by atoms with Crippen molar-refractivity contribution in [1.82, 2.24) is 14.5 Å². The molecule has 1 aliphatic rings. The lowest BCUT2D eigenvalue weighted by Crippen LogP contribution is -2.31. The summed E-state index contributed by atoms with van der Waals surface area (Å²) in [5, 5.41) is 3.04. The summed E-state index contributed by atoms with van der Waals surface area (Å²) in [5.74, 6) is -0.490. The monoisotopic (exact) mass is 468 g/mol. The van der Waals surface area contributed by atoms with Crippen LogP contribution in [0.2, 0.25) is 0 Å². The summed E-state index contributed by atoms with van der Waals surface area (Å²) in [6, 6.07) is 4.51. The van der Waals surface area contributed by atoms with Gasteiger partial charge in [-0.05, 0) is 70.9 Å². The van der Waals surface area contributed by atoms with Gasteiger partial charge in [0.05, 0.1) is 11.3 Å². The van der Waals surface area contributed by atoms with Gasteiger partial charge in [-0.2, -0.15) is 18.2 Å². The molecule has 0 fully saturated rings. The van der Waals surface area contributed by atoms with Crippen LogP contribution < -0.4 is 11.0 Å². The molecule has 6 nitrogen and oxygen atoms in total. The Bertz CT molecular complexity index is 1020. The fraction of sp³-hybridized carbons (Fsp3) is 0.500. The van der Waals surface area contributed by atoms with Crippen LogP contribution in [0.4, 0.5) is 18.9 Å². The highest BCUT2D eigenvalue weighted by atomic mass is 32.2. The maximum absolute atomic E-state index is 12.9. The summed E-state index contributed by atoms with van der Waals surface area (Å²) < 4.78 is 40.3. The molecule has 3 rings (SSSR count). The van der Waals surface area contributed by atoms with Crippen LogP contribution in [0.5, 0.6) is 0 Å². The van der Waals surface area contributed by atoms with E-state index >= 15 is 0 Å². The average Bonchev–Trinajstić information content (AvgIpc) is 2.73. The first-order valence-corrected chi connectivity index (χ1v) is 11.5. The standard InChI is InChI=1S/C22H27F3N4O2S/c1-28(2)11-6-12-29-18-10-4-3-9-17(18)20(27-21(29)31)32-14-19(30)26-16-8-5-7-15(13-16)22(23,24)25/h5,7-8,13H,3-4,6,9-12,14H2,1-2H3,(H,26,30). The summed E-state index contributed by atoms with van der Waals surface area (Å²) >= 11 is 1.16. The molecule has 1 N–H and O–H groups in total. The van der Waals surface area contributed by atoms with Gasteiger partial charge in [-0.15, -0.1) is 0 Å². The Kier molecular flexibility index (Phi) is 8.00. The number of amides is 1. The average molecular weight is 469 g/mol. The van der Waals surface area contributed by atoms with Gasteiger partial charge >= 0.3 is 11.9 Å². The van der Waals surface area contributed by atoms with Crippen LogP contribution in [0.25, 0.3) is 0 Å². The molecule has 0 radical (unpaired) electrons. The van der Waals surface area contributed by atoms with Crippen LogP contribution in [-0.2, 0) is 30.4 Å². The SMILES string of the molecule is CN(C)CCCn1c2c(c(SCC(=O)Nc3cccc(C(F)(F)F)c3)nc1=O)CCCC2. The number of halogens is 3. The molecule has 10 heteroatoms. The second kappa shape index (κ2) is 10.5. The second-order valence-corrected chi connectivity index (χ2v) is 9.02. The molecule has 1 heterocycles. The number of rotatable bonds is 8. The molecule has 0 saturated carbocycles. The van der Waals surface area contributed by atoms with E-state index in [0.717, 1.165) is 73.8 Å². The number of nitrogens with one attached hydrogen (secondary N) is 1. The molecule has 0 atom stereocenters. The Morgan fingerprint density at radius 1 is 1.25 bits per heavy atom. The predicted octanol–water partition coefficient (Wildman–Crippen LogP) is 3.82. The van der Waals surface area contributed by atoms with Crippen molar-refractivity contribution < 1.29 is 18.0 Å². The number of benzene rings is 1. The van der Waals surface area contributed by atoms with Crippen molar-refractivity contribution in [2.45, 2.75) is 49.9 Å². The lowest BCUT2D eigenvalue weighted by Gasteiger charge is -2.23. The highest BCUT2D eigenvalue weighted by molar-refractivity contribution is 8.00. The Labute approximate surface area is 189 Å². The molecule has 0 spiro atoms. The van der Waals surface area contributed by atoms with E-state index in [2.05, 4.69) is 15.2 Å². The van der Waals surface area contributed by atoms with Crippen LogP contribution in [0.15, 0.2) is 34.1 Å². The molecule has 2 aromatic rings. The van der Waals surface area contributed by atoms with E-state index in [1.54, 1.807) is 4.57 Å². The van der Waals surface area contributed by atoms with E-state index in [1.165, 1.54) is 12.1 Å². The molecule has 174 valence electrons. The quantitative estimate of drug-likeness (QED) is 0.471. The Balaban J connectivity index is 1.70. The van der Waals surface area contributed by atoms with Gasteiger partial charge in [-0.1, -0.05) is 17.8 Å². The number of alkyl halides is 3. The van der Waals surface area contributed by atoms with E-state index in [4.69, 9.17) is 0 Å². The number of carbonyl (C=O) groups excluding carboxylic acids is 1. The summed E-state index contributed by atoms with van der Waals surface area (Å²) in [7, 11) is 3.97. The van der Waals surface area contributed by atoms with E-state index in [9.17, 15) is 22.8 Å². The van der Waals surface area contributed by atoms with Gasteiger partial charge in [-0.25, -0.2) is 4.79 Å². The molecule has 1 aromatic carbocycles. The topological polar surface area (TPSA) is 67.2 Å². The zero-order valence-corrected chi connectivity index (χ0v) is 19.0. The third-order valence-electron chi connectivity index (χ3n) is 5.25. The van der Waals surface area contributed by atoms with Gasteiger partial charge in [-0.3, -0.25) is 9.36 Å². The molecular weight excluding hydrogens is 441 g/mol. The number of hydrogen-bond donors (Lipinski definition) is 1. The number of carbonyl (C=O) groups is 1. The minimum atomic E-state index is -4.48. The lowest BCUT2D eigenvalue weighted by molar-refractivity contribution is -0.137. The molecule has 1 amide bonds. The van der Waals surface area contributed by atoms with Crippen molar-refractivity contribution in [3.8, 4) is 0 Å². The minimum Gasteiger partial charge on any atom is -0.325 e. The third-order valence-corrected chi connectivity index (χ3v) is 6.27.